The van der Waals surface area contributed by atoms with Gasteiger partial charge in [-0.25, -0.2) is 0 Å². The third-order valence-electron chi connectivity index (χ3n) is 1.97. The zero-order chi connectivity index (χ0) is 10.5. The topological polar surface area (TPSA) is 12.4 Å². The molecule has 2 aromatic rings. The van der Waals surface area contributed by atoms with Gasteiger partial charge in [0.05, 0.1) is 5.69 Å². The van der Waals surface area contributed by atoms with E-state index in [2.05, 4.69) is 4.99 Å². The van der Waals surface area contributed by atoms with E-state index >= 15 is 0 Å². The predicted molar refractivity (Wildman–Crippen MR) is 65.1 cm³/mol. The Bertz CT molecular complexity index is 463. The lowest BCUT2D eigenvalue weighted by Gasteiger charge is -1.94. The lowest BCUT2D eigenvalue weighted by Crippen LogP contribution is -1.78. The van der Waals surface area contributed by atoms with Crippen LogP contribution in [0.25, 0.3) is 0 Å². The van der Waals surface area contributed by atoms with Crippen molar-refractivity contribution in [3.63, 3.8) is 0 Å². The van der Waals surface area contributed by atoms with Crippen LogP contribution < -0.4 is 0 Å². The molecule has 0 amide bonds. The van der Waals surface area contributed by atoms with Gasteiger partial charge < -0.3 is 0 Å². The van der Waals surface area contributed by atoms with Gasteiger partial charge in [0.25, 0.3) is 0 Å². The van der Waals surface area contributed by atoms with Crippen LogP contribution in [0.3, 0.4) is 0 Å². The summed E-state index contributed by atoms with van der Waals surface area (Å²) in [6.07, 6.45) is 1.81. The number of benzene rings is 2. The van der Waals surface area contributed by atoms with Gasteiger partial charge in [0.2, 0.25) is 0 Å². The first-order valence-corrected chi connectivity index (χ1v) is 5.07. The Hall–Kier alpha value is -1.60. The fourth-order valence-corrected chi connectivity index (χ4v) is 1.45. The first kappa shape index (κ1) is 9.94. The molecule has 0 aliphatic rings. The smallest absolute Gasteiger partial charge is 0.0629 e. The van der Waals surface area contributed by atoms with E-state index in [1.54, 1.807) is 6.21 Å². The number of nitrogens with zero attached hydrogens (tertiary/aromatic N) is 1. The van der Waals surface area contributed by atoms with Gasteiger partial charge in [0, 0.05) is 11.2 Å². The molecule has 0 unspecified atom stereocenters. The molecule has 2 rings (SSSR count). The second-order valence-corrected chi connectivity index (χ2v) is 3.59. The number of para-hydroxylation sites is 1. The lowest BCUT2D eigenvalue weighted by atomic mass is 10.2. The van der Waals surface area contributed by atoms with E-state index in [1.165, 1.54) is 0 Å². The normalized spacial score (nSPS) is 10.7. The molecule has 2 aromatic carbocycles. The Morgan fingerprint density at radius 1 is 0.933 bits per heavy atom. The molecule has 0 N–H and O–H groups in total. The molecule has 0 fully saturated rings. The molecule has 0 radical (unpaired) electrons. The molecule has 0 atom stereocenters. The molecule has 0 spiro atoms. The van der Waals surface area contributed by atoms with Crippen LogP contribution in [0.5, 0.6) is 0 Å². The zero-order valence-corrected chi connectivity index (χ0v) is 8.85. The van der Waals surface area contributed by atoms with Crippen molar-refractivity contribution < 1.29 is 0 Å². The van der Waals surface area contributed by atoms with Gasteiger partial charge in [-0.05, 0) is 29.8 Å². The maximum absolute atomic E-state index is 5.86. The minimum atomic E-state index is 0.729. The Balaban J connectivity index is 2.19. The number of aliphatic imine (C=N–C) groups is 1. The van der Waals surface area contributed by atoms with Crippen molar-refractivity contribution in [2.75, 3.05) is 0 Å². The Morgan fingerprint density at radius 3 is 2.47 bits per heavy atom. The molecule has 0 heterocycles. The molecule has 0 aliphatic heterocycles. The van der Waals surface area contributed by atoms with E-state index in [-0.39, 0.29) is 0 Å². The Labute approximate surface area is 94.1 Å². The van der Waals surface area contributed by atoms with Gasteiger partial charge in [-0.3, -0.25) is 4.99 Å². The van der Waals surface area contributed by atoms with Crippen LogP contribution in [0, 0.1) is 0 Å². The van der Waals surface area contributed by atoms with Crippen LogP contribution in [0.4, 0.5) is 5.69 Å². The Morgan fingerprint density at radius 2 is 1.73 bits per heavy atom. The molecule has 0 aromatic heterocycles. The third kappa shape index (κ3) is 2.93. The summed E-state index contributed by atoms with van der Waals surface area (Å²) in [5, 5.41) is 0.729. The molecular formula is C13H10ClN. The highest BCUT2D eigenvalue weighted by Crippen LogP contribution is 2.12. The van der Waals surface area contributed by atoms with E-state index in [4.69, 9.17) is 11.6 Å². The average Bonchev–Trinajstić information content (AvgIpc) is 2.28. The quantitative estimate of drug-likeness (QED) is 0.669. The minimum absolute atomic E-state index is 0.729. The summed E-state index contributed by atoms with van der Waals surface area (Å²) in [7, 11) is 0. The minimum Gasteiger partial charge on any atom is -0.256 e. The average molecular weight is 216 g/mol. The second-order valence-electron chi connectivity index (χ2n) is 3.15. The monoisotopic (exact) mass is 215 g/mol. The van der Waals surface area contributed by atoms with E-state index in [1.807, 2.05) is 54.6 Å². The van der Waals surface area contributed by atoms with E-state index in [9.17, 15) is 0 Å². The first-order valence-electron chi connectivity index (χ1n) is 4.69. The maximum Gasteiger partial charge on any atom is 0.0629 e. The molecule has 0 saturated heterocycles. The summed E-state index contributed by atoms with van der Waals surface area (Å²) in [6, 6.07) is 17.4. The molecule has 1 nitrogen and oxygen atoms in total. The number of rotatable bonds is 2. The second kappa shape index (κ2) is 4.76. The van der Waals surface area contributed by atoms with Gasteiger partial charge in [-0.1, -0.05) is 41.9 Å². The number of hydrogen-bond donors (Lipinski definition) is 0. The van der Waals surface area contributed by atoms with Crippen molar-refractivity contribution in [3.8, 4) is 0 Å². The first-order chi connectivity index (χ1) is 7.34. The fourth-order valence-electron chi connectivity index (χ4n) is 1.25. The number of halogens is 1. The van der Waals surface area contributed by atoms with Crippen molar-refractivity contribution in [1.29, 1.82) is 0 Å². The molecule has 15 heavy (non-hydrogen) atoms. The number of hydrogen-bond acceptors (Lipinski definition) is 1. The molecular weight excluding hydrogens is 206 g/mol. The maximum atomic E-state index is 5.86. The van der Waals surface area contributed by atoms with Crippen molar-refractivity contribution in [2.45, 2.75) is 0 Å². The van der Waals surface area contributed by atoms with E-state index in [0.717, 1.165) is 16.3 Å². The van der Waals surface area contributed by atoms with Crippen molar-refractivity contribution in [2.24, 2.45) is 4.99 Å². The molecule has 0 saturated carbocycles. The van der Waals surface area contributed by atoms with Crippen LogP contribution >= 0.6 is 11.6 Å². The Kier molecular flexibility index (Phi) is 3.15. The molecule has 0 aliphatic carbocycles. The van der Waals surface area contributed by atoms with Crippen LogP contribution in [0.15, 0.2) is 59.6 Å². The van der Waals surface area contributed by atoms with Gasteiger partial charge in [-0.15, -0.1) is 0 Å². The highest BCUT2D eigenvalue weighted by atomic mass is 35.5. The predicted octanol–water partition coefficient (Wildman–Crippen LogP) is 4.09. The van der Waals surface area contributed by atoms with Crippen molar-refractivity contribution in [1.82, 2.24) is 0 Å². The summed E-state index contributed by atoms with van der Waals surface area (Å²) in [5.41, 5.74) is 1.95. The summed E-state index contributed by atoms with van der Waals surface area (Å²) in [5.74, 6) is 0. The lowest BCUT2D eigenvalue weighted by molar-refractivity contribution is 1.53. The standard InChI is InChI=1S/C13H10ClN/c14-12-6-4-5-11(9-12)10-15-13-7-2-1-3-8-13/h1-10H. The summed E-state index contributed by atoms with van der Waals surface area (Å²) in [4.78, 5) is 4.33. The van der Waals surface area contributed by atoms with Crippen LogP contribution in [-0.2, 0) is 0 Å². The van der Waals surface area contributed by atoms with Gasteiger partial charge >= 0.3 is 0 Å². The van der Waals surface area contributed by atoms with Gasteiger partial charge in [0.15, 0.2) is 0 Å². The highest BCUT2D eigenvalue weighted by Gasteiger charge is 1.89. The fraction of sp³-hybridized carbons (Fsp3) is 0. The third-order valence-corrected chi connectivity index (χ3v) is 2.20. The summed E-state index contributed by atoms with van der Waals surface area (Å²) in [6.45, 7) is 0. The van der Waals surface area contributed by atoms with Gasteiger partial charge in [0.1, 0.15) is 0 Å². The molecule has 2 heteroatoms. The summed E-state index contributed by atoms with van der Waals surface area (Å²) < 4.78 is 0. The van der Waals surface area contributed by atoms with Crippen molar-refractivity contribution >= 4 is 23.5 Å². The van der Waals surface area contributed by atoms with Crippen LogP contribution in [-0.4, -0.2) is 6.21 Å². The van der Waals surface area contributed by atoms with E-state index in [0.29, 0.717) is 0 Å². The van der Waals surface area contributed by atoms with E-state index < -0.39 is 0 Å². The molecule has 0 bridgehead atoms. The zero-order valence-electron chi connectivity index (χ0n) is 8.10. The SMILES string of the molecule is Clc1cccc(C=Nc2ccccc2)c1. The summed E-state index contributed by atoms with van der Waals surface area (Å²) >= 11 is 5.86. The van der Waals surface area contributed by atoms with Crippen LogP contribution in [0.2, 0.25) is 5.02 Å². The highest BCUT2D eigenvalue weighted by molar-refractivity contribution is 6.30. The van der Waals surface area contributed by atoms with Crippen LogP contribution in [0.1, 0.15) is 5.56 Å². The van der Waals surface area contributed by atoms with Gasteiger partial charge in [-0.2, -0.15) is 0 Å². The molecule has 74 valence electrons. The van der Waals surface area contributed by atoms with Crippen molar-refractivity contribution in [3.05, 3.63) is 65.2 Å². The largest absolute Gasteiger partial charge is 0.256 e.